The monoisotopic (exact) mass is 240 g/mol. The van der Waals surface area contributed by atoms with Gasteiger partial charge < -0.3 is 10.6 Å². The van der Waals surface area contributed by atoms with E-state index >= 15 is 0 Å². The highest BCUT2D eigenvalue weighted by molar-refractivity contribution is 6.32. The maximum Gasteiger partial charge on any atom is 0.224 e. The van der Waals surface area contributed by atoms with E-state index < -0.39 is 0 Å². The fraction of sp³-hybridized carbons (Fsp3) is 0.636. The fourth-order valence-electron chi connectivity index (χ4n) is 1.67. The zero-order chi connectivity index (χ0) is 11.4. The maximum absolute atomic E-state index is 6.03. The maximum atomic E-state index is 6.03. The van der Waals surface area contributed by atoms with Crippen LogP contribution < -0.4 is 10.6 Å². The number of halogens is 1. The Morgan fingerprint density at radius 2 is 2.25 bits per heavy atom. The lowest BCUT2D eigenvalue weighted by molar-refractivity contribution is 0.333. The van der Waals surface area contributed by atoms with Crippen molar-refractivity contribution < 1.29 is 0 Å². The van der Waals surface area contributed by atoms with Crippen LogP contribution in [0.25, 0.3) is 0 Å². The molecule has 5 heteroatoms. The van der Waals surface area contributed by atoms with E-state index in [2.05, 4.69) is 20.6 Å². The summed E-state index contributed by atoms with van der Waals surface area (Å²) in [4.78, 5) is 8.42. The second kappa shape index (κ2) is 5.34. The molecule has 1 aliphatic rings. The molecule has 0 amide bonds. The molecular weight excluding hydrogens is 224 g/mol. The summed E-state index contributed by atoms with van der Waals surface area (Å²) in [7, 11) is 0. The number of nitrogens with zero attached hydrogens (tertiary/aromatic N) is 2. The van der Waals surface area contributed by atoms with Crippen LogP contribution in [-0.4, -0.2) is 23.1 Å². The summed E-state index contributed by atoms with van der Waals surface area (Å²) in [5.74, 6) is 2.15. The van der Waals surface area contributed by atoms with Gasteiger partial charge in [0.15, 0.2) is 0 Å². The normalized spacial score (nSPS) is 15.6. The highest BCUT2D eigenvalue weighted by atomic mass is 35.5. The molecule has 16 heavy (non-hydrogen) atoms. The van der Waals surface area contributed by atoms with Gasteiger partial charge in [0.05, 0.1) is 6.20 Å². The summed E-state index contributed by atoms with van der Waals surface area (Å²) in [6.07, 6.45) is 5.62. The van der Waals surface area contributed by atoms with Gasteiger partial charge in [-0.2, -0.15) is 4.98 Å². The molecule has 0 unspecified atom stereocenters. The van der Waals surface area contributed by atoms with E-state index in [1.807, 2.05) is 6.92 Å². The Morgan fingerprint density at radius 3 is 2.88 bits per heavy atom. The lowest BCUT2D eigenvalue weighted by Crippen LogP contribution is -2.21. The van der Waals surface area contributed by atoms with E-state index in [0.29, 0.717) is 11.0 Å². The van der Waals surface area contributed by atoms with Crippen molar-refractivity contribution in [2.75, 3.05) is 23.7 Å². The standard InChI is InChI=1S/C11H17ClN4/c1-2-13-11-15-7-9(12)10(16-11)14-6-8-4-3-5-8/h7-8H,2-6H2,1H3,(H2,13,14,15,16). The lowest BCUT2D eigenvalue weighted by atomic mass is 9.85. The number of hydrogen-bond donors (Lipinski definition) is 2. The van der Waals surface area contributed by atoms with Crippen molar-refractivity contribution in [1.29, 1.82) is 0 Å². The molecule has 1 heterocycles. The summed E-state index contributed by atoms with van der Waals surface area (Å²) in [5.41, 5.74) is 0. The largest absolute Gasteiger partial charge is 0.368 e. The quantitative estimate of drug-likeness (QED) is 0.831. The molecule has 0 atom stereocenters. The van der Waals surface area contributed by atoms with E-state index in [9.17, 15) is 0 Å². The molecule has 88 valence electrons. The van der Waals surface area contributed by atoms with E-state index in [1.165, 1.54) is 19.3 Å². The first-order valence-electron chi connectivity index (χ1n) is 5.80. The Bertz CT molecular complexity index is 352. The fourth-order valence-corrected chi connectivity index (χ4v) is 1.83. The van der Waals surface area contributed by atoms with Gasteiger partial charge in [-0.15, -0.1) is 0 Å². The van der Waals surface area contributed by atoms with Crippen LogP contribution >= 0.6 is 11.6 Å². The predicted octanol–water partition coefficient (Wildman–Crippen LogP) is 2.77. The van der Waals surface area contributed by atoms with Crippen LogP contribution in [0.1, 0.15) is 26.2 Å². The van der Waals surface area contributed by atoms with Crippen LogP contribution in [-0.2, 0) is 0 Å². The van der Waals surface area contributed by atoms with Gasteiger partial charge >= 0.3 is 0 Å². The first-order valence-corrected chi connectivity index (χ1v) is 6.17. The van der Waals surface area contributed by atoms with Gasteiger partial charge in [-0.1, -0.05) is 18.0 Å². The lowest BCUT2D eigenvalue weighted by Gasteiger charge is -2.25. The van der Waals surface area contributed by atoms with Crippen LogP contribution in [0.15, 0.2) is 6.20 Å². The van der Waals surface area contributed by atoms with Gasteiger partial charge in [0, 0.05) is 13.1 Å². The van der Waals surface area contributed by atoms with Crippen molar-refractivity contribution >= 4 is 23.4 Å². The van der Waals surface area contributed by atoms with Crippen LogP contribution in [0.2, 0.25) is 5.02 Å². The van der Waals surface area contributed by atoms with Gasteiger partial charge in [-0.05, 0) is 25.7 Å². The van der Waals surface area contributed by atoms with Crippen LogP contribution in [0, 0.1) is 5.92 Å². The highest BCUT2D eigenvalue weighted by Gasteiger charge is 2.17. The van der Waals surface area contributed by atoms with Gasteiger partial charge in [-0.3, -0.25) is 0 Å². The van der Waals surface area contributed by atoms with Gasteiger partial charge in [0.1, 0.15) is 10.8 Å². The van der Waals surface area contributed by atoms with Crippen molar-refractivity contribution in [3.8, 4) is 0 Å². The molecule has 0 spiro atoms. The average molecular weight is 241 g/mol. The summed E-state index contributed by atoms with van der Waals surface area (Å²) >= 11 is 6.03. The third-order valence-corrected chi connectivity index (χ3v) is 3.14. The van der Waals surface area contributed by atoms with Crippen molar-refractivity contribution in [3.63, 3.8) is 0 Å². The number of aromatic nitrogens is 2. The number of hydrogen-bond acceptors (Lipinski definition) is 4. The predicted molar refractivity (Wildman–Crippen MR) is 67.0 cm³/mol. The molecule has 1 aromatic rings. The molecular formula is C11H17ClN4. The molecule has 1 aromatic heterocycles. The number of anilines is 2. The summed E-state index contributed by atoms with van der Waals surface area (Å²) in [6.45, 7) is 3.78. The molecule has 0 saturated heterocycles. The number of rotatable bonds is 5. The highest BCUT2D eigenvalue weighted by Crippen LogP contribution is 2.27. The zero-order valence-corrected chi connectivity index (χ0v) is 10.2. The topological polar surface area (TPSA) is 49.8 Å². The second-order valence-corrected chi connectivity index (χ2v) is 4.51. The Morgan fingerprint density at radius 1 is 1.44 bits per heavy atom. The van der Waals surface area contributed by atoms with Crippen molar-refractivity contribution in [2.45, 2.75) is 26.2 Å². The minimum atomic E-state index is 0.584. The summed E-state index contributed by atoms with van der Waals surface area (Å²) in [5, 5.41) is 6.94. The van der Waals surface area contributed by atoms with Crippen LogP contribution in [0.3, 0.4) is 0 Å². The summed E-state index contributed by atoms with van der Waals surface area (Å²) in [6, 6.07) is 0. The van der Waals surface area contributed by atoms with E-state index in [0.717, 1.165) is 24.8 Å². The van der Waals surface area contributed by atoms with E-state index in [4.69, 9.17) is 11.6 Å². The second-order valence-electron chi connectivity index (χ2n) is 4.10. The molecule has 0 aromatic carbocycles. The molecule has 0 aliphatic heterocycles. The van der Waals surface area contributed by atoms with Gasteiger partial charge in [-0.25, -0.2) is 4.98 Å². The van der Waals surface area contributed by atoms with Crippen LogP contribution in [0.5, 0.6) is 0 Å². The molecule has 2 rings (SSSR count). The third kappa shape index (κ3) is 2.76. The molecule has 1 aliphatic carbocycles. The minimum absolute atomic E-state index is 0.584. The zero-order valence-electron chi connectivity index (χ0n) is 9.46. The van der Waals surface area contributed by atoms with E-state index in [-0.39, 0.29) is 0 Å². The Labute approximate surface area is 101 Å². The summed E-state index contributed by atoms with van der Waals surface area (Å²) < 4.78 is 0. The third-order valence-electron chi connectivity index (χ3n) is 2.86. The SMILES string of the molecule is CCNc1ncc(Cl)c(NCC2CCC2)n1. The molecule has 1 saturated carbocycles. The number of nitrogens with one attached hydrogen (secondary N) is 2. The van der Waals surface area contributed by atoms with Crippen molar-refractivity contribution in [2.24, 2.45) is 5.92 Å². The molecule has 4 nitrogen and oxygen atoms in total. The molecule has 1 fully saturated rings. The Kier molecular flexibility index (Phi) is 3.83. The van der Waals surface area contributed by atoms with Gasteiger partial charge in [0.25, 0.3) is 0 Å². The smallest absolute Gasteiger partial charge is 0.224 e. The average Bonchev–Trinajstić information content (AvgIpc) is 2.21. The molecule has 2 N–H and O–H groups in total. The van der Waals surface area contributed by atoms with Crippen molar-refractivity contribution in [1.82, 2.24) is 9.97 Å². The Hall–Kier alpha value is -1.03. The first-order chi connectivity index (χ1) is 7.79. The molecule has 0 bridgehead atoms. The van der Waals surface area contributed by atoms with Gasteiger partial charge in [0.2, 0.25) is 5.95 Å². The minimum Gasteiger partial charge on any atom is -0.368 e. The van der Waals surface area contributed by atoms with Crippen LogP contribution in [0.4, 0.5) is 11.8 Å². The first kappa shape index (κ1) is 11.5. The van der Waals surface area contributed by atoms with Crippen molar-refractivity contribution in [3.05, 3.63) is 11.2 Å². The Balaban J connectivity index is 1.96. The molecule has 0 radical (unpaired) electrons. The van der Waals surface area contributed by atoms with E-state index in [1.54, 1.807) is 6.20 Å².